The molecule has 0 radical (unpaired) electrons. The maximum absolute atomic E-state index is 11.9. The zero-order valence-electron chi connectivity index (χ0n) is 15.3. The van der Waals surface area contributed by atoms with Gasteiger partial charge in [-0.15, -0.1) is 11.3 Å². The summed E-state index contributed by atoms with van der Waals surface area (Å²) in [5.74, 6) is 1.02. The van der Waals surface area contributed by atoms with Gasteiger partial charge in [0.05, 0.1) is 11.1 Å². The van der Waals surface area contributed by atoms with E-state index in [1.165, 1.54) is 22.2 Å². The van der Waals surface area contributed by atoms with Crippen molar-refractivity contribution in [2.24, 2.45) is 5.14 Å². The van der Waals surface area contributed by atoms with Crippen LogP contribution in [0.1, 0.15) is 16.9 Å². The van der Waals surface area contributed by atoms with E-state index in [-0.39, 0.29) is 4.90 Å². The van der Waals surface area contributed by atoms with Crippen LogP contribution in [0.5, 0.6) is 0 Å². The van der Waals surface area contributed by atoms with Gasteiger partial charge in [-0.2, -0.15) is 0 Å². The molecule has 1 aliphatic heterocycles. The number of fused-ring (bicyclic) bond motifs is 3. The number of aryl methyl sites for hydroxylation is 2. The number of primary sulfonamides is 1. The molecule has 0 unspecified atom stereocenters. The van der Waals surface area contributed by atoms with Crippen molar-refractivity contribution >= 4 is 43.1 Å². The van der Waals surface area contributed by atoms with Crippen LogP contribution in [-0.4, -0.2) is 44.6 Å². The lowest BCUT2D eigenvalue weighted by Crippen LogP contribution is -2.47. The Kier molecular flexibility index (Phi) is 4.26. The highest BCUT2D eigenvalue weighted by molar-refractivity contribution is 7.89. The number of benzene rings is 1. The average molecular weight is 416 g/mol. The summed E-state index contributed by atoms with van der Waals surface area (Å²) in [4.78, 5) is 16.2. The van der Waals surface area contributed by atoms with Gasteiger partial charge in [0.1, 0.15) is 21.9 Å². The molecule has 0 saturated carbocycles. The predicted octanol–water partition coefficient (Wildman–Crippen LogP) is 2.15. The second-order valence-electron chi connectivity index (χ2n) is 7.22. The lowest BCUT2D eigenvalue weighted by molar-refractivity contribution is 0.595. The van der Waals surface area contributed by atoms with Gasteiger partial charge in [-0.1, -0.05) is 12.1 Å². The van der Waals surface area contributed by atoms with Gasteiger partial charge in [-0.05, 0) is 37.0 Å². The van der Waals surface area contributed by atoms with Crippen LogP contribution in [0.25, 0.3) is 10.2 Å². The standard InChI is InChI=1S/C19H21N5O2S2/c20-28(25,26)16-7-2-1-5-14(16)23-8-10-24(11-9-23)18-17-13-4-3-6-15(13)27-19(17)22-12-21-18/h1-2,5,7,12H,3-4,6,8-11H2,(H2,20,25,26). The monoisotopic (exact) mass is 415 g/mol. The van der Waals surface area contributed by atoms with Gasteiger partial charge in [0.2, 0.25) is 10.0 Å². The molecule has 3 heterocycles. The first-order valence-electron chi connectivity index (χ1n) is 9.39. The molecule has 0 amide bonds. The van der Waals surface area contributed by atoms with Crippen molar-refractivity contribution in [1.82, 2.24) is 9.97 Å². The smallest absolute Gasteiger partial charge is 0.240 e. The highest BCUT2D eigenvalue weighted by atomic mass is 32.2. The minimum Gasteiger partial charge on any atom is -0.367 e. The van der Waals surface area contributed by atoms with Gasteiger partial charge < -0.3 is 9.80 Å². The van der Waals surface area contributed by atoms with Crippen molar-refractivity contribution in [3.8, 4) is 0 Å². The SMILES string of the molecule is NS(=O)(=O)c1ccccc1N1CCN(c2ncnc3sc4c(c23)CCC4)CC1. The van der Waals surface area contributed by atoms with Crippen LogP contribution in [0.15, 0.2) is 35.5 Å². The molecule has 0 spiro atoms. The minimum atomic E-state index is -3.75. The maximum Gasteiger partial charge on any atom is 0.240 e. The van der Waals surface area contributed by atoms with Gasteiger partial charge in [0.15, 0.2) is 0 Å². The van der Waals surface area contributed by atoms with Gasteiger partial charge >= 0.3 is 0 Å². The molecule has 0 atom stereocenters. The van der Waals surface area contributed by atoms with E-state index in [1.54, 1.807) is 29.8 Å². The van der Waals surface area contributed by atoms with Crippen LogP contribution in [-0.2, 0) is 22.9 Å². The summed E-state index contributed by atoms with van der Waals surface area (Å²) in [5, 5.41) is 6.63. The number of hydrogen-bond donors (Lipinski definition) is 1. The van der Waals surface area contributed by atoms with E-state index in [1.807, 2.05) is 12.1 Å². The normalized spacial score (nSPS) is 17.3. The highest BCUT2D eigenvalue weighted by Gasteiger charge is 2.27. The summed E-state index contributed by atoms with van der Waals surface area (Å²) in [6.07, 6.45) is 5.13. The molecule has 0 bridgehead atoms. The second-order valence-corrected chi connectivity index (χ2v) is 9.84. The van der Waals surface area contributed by atoms with Crippen molar-refractivity contribution in [2.45, 2.75) is 24.2 Å². The second kappa shape index (κ2) is 6.68. The number of anilines is 2. The van der Waals surface area contributed by atoms with Gasteiger partial charge in [-0.3, -0.25) is 0 Å². The Morgan fingerprint density at radius 3 is 2.54 bits per heavy atom. The van der Waals surface area contributed by atoms with Crippen molar-refractivity contribution < 1.29 is 8.42 Å². The van der Waals surface area contributed by atoms with E-state index in [2.05, 4.69) is 19.8 Å². The van der Waals surface area contributed by atoms with Crippen LogP contribution in [0.2, 0.25) is 0 Å². The van der Waals surface area contributed by atoms with E-state index in [9.17, 15) is 8.42 Å². The molecule has 3 aromatic rings. The first kappa shape index (κ1) is 17.8. The molecule has 7 nitrogen and oxygen atoms in total. The average Bonchev–Trinajstić information content (AvgIpc) is 3.28. The molecule has 9 heteroatoms. The molecule has 1 aliphatic carbocycles. The van der Waals surface area contributed by atoms with E-state index >= 15 is 0 Å². The van der Waals surface area contributed by atoms with Crippen LogP contribution in [0.4, 0.5) is 11.5 Å². The Morgan fingerprint density at radius 2 is 1.75 bits per heavy atom. The molecule has 1 fully saturated rings. The highest BCUT2D eigenvalue weighted by Crippen LogP contribution is 2.40. The molecule has 2 aliphatic rings. The molecule has 1 aromatic carbocycles. The number of rotatable bonds is 3. The quantitative estimate of drug-likeness (QED) is 0.705. The van der Waals surface area contributed by atoms with E-state index in [4.69, 9.17) is 5.14 Å². The van der Waals surface area contributed by atoms with Crippen molar-refractivity contribution in [1.29, 1.82) is 0 Å². The Bertz CT molecular complexity index is 1150. The molecule has 28 heavy (non-hydrogen) atoms. The Hall–Kier alpha value is -2.23. The largest absolute Gasteiger partial charge is 0.367 e. The van der Waals surface area contributed by atoms with Gasteiger partial charge in [-0.25, -0.2) is 23.5 Å². The lowest BCUT2D eigenvalue weighted by atomic mass is 10.1. The summed E-state index contributed by atoms with van der Waals surface area (Å²) >= 11 is 1.80. The zero-order chi connectivity index (χ0) is 19.3. The van der Waals surface area contributed by atoms with Crippen molar-refractivity contribution in [2.75, 3.05) is 36.0 Å². The van der Waals surface area contributed by atoms with Crippen LogP contribution in [0, 0.1) is 0 Å². The first-order valence-corrected chi connectivity index (χ1v) is 11.8. The summed E-state index contributed by atoms with van der Waals surface area (Å²) in [6, 6.07) is 6.94. The number of aromatic nitrogens is 2. The summed E-state index contributed by atoms with van der Waals surface area (Å²) < 4.78 is 23.9. The zero-order valence-corrected chi connectivity index (χ0v) is 17.0. The number of nitrogens with two attached hydrogens (primary N) is 1. The van der Waals surface area contributed by atoms with Crippen LogP contribution < -0.4 is 14.9 Å². The molecule has 5 rings (SSSR count). The molecular formula is C19H21N5O2S2. The topological polar surface area (TPSA) is 92.4 Å². The number of nitrogens with zero attached hydrogens (tertiary/aromatic N) is 4. The Balaban J connectivity index is 1.43. The molecule has 146 valence electrons. The summed E-state index contributed by atoms with van der Waals surface area (Å²) in [7, 11) is -3.75. The fourth-order valence-corrected chi connectivity index (χ4v) is 6.25. The Morgan fingerprint density at radius 1 is 1.00 bits per heavy atom. The number of sulfonamides is 1. The molecular weight excluding hydrogens is 394 g/mol. The lowest BCUT2D eigenvalue weighted by Gasteiger charge is -2.37. The van der Waals surface area contributed by atoms with E-state index in [0.717, 1.165) is 36.6 Å². The third-order valence-corrected chi connectivity index (χ3v) is 7.73. The number of piperazine rings is 1. The molecule has 2 N–H and O–H groups in total. The van der Waals surface area contributed by atoms with Crippen molar-refractivity contribution in [3.63, 3.8) is 0 Å². The minimum absolute atomic E-state index is 0.184. The van der Waals surface area contributed by atoms with Gasteiger partial charge in [0.25, 0.3) is 0 Å². The molecule has 1 saturated heterocycles. The summed E-state index contributed by atoms with van der Waals surface area (Å²) in [6.45, 7) is 2.97. The van der Waals surface area contributed by atoms with Gasteiger partial charge in [0, 0.05) is 31.1 Å². The number of thiophene rings is 1. The third-order valence-electron chi connectivity index (χ3n) is 5.57. The molecule has 2 aromatic heterocycles. The van der Waals surface area contributed by atoms with Crippen LogP contribution >= 0.6 is 11.3 Å². The predicted molar refractivity (Wildman–Crippen MR) is 112 cm³/mol. The third kappa shape index (κ3) is 2.94. The van der Waals surface area contributed by atoms with E-state index < -0.39 is 10.0 Å². The number of para-hydroxylation sites is 1. The first-order chi connectivity index (χ1) is 13.5. The maximum atomic E-state index is 11.9. The fraction of sp³-hybridized carbons (Fsp3) is 0.368. The van der Waals surface area contributed by atoms with Crippen molar-refractivity contribution in [3.05, 3.63) is 41.0 Å². The van der Waals surface area contributed by atoms with E-state index in [0.29, 0.717) is 18.8 Å². The Labute approximate surface area is 167 Å². The van der Waals surface area contributed by atoms with Crippen LogP contribution in [0.3, 0.4) is 0 Å². The fourth-order valence-electron chi connectivity index (χ4n) is 4.27. The summed E-state index contributed by atoms with van der Waals surface area (Å²) in [5.41, 5.74) is 2.10. The number of hydrogen-bond acceptors (Lipinski definition) is 7.